The molecule has 2 N–H and O–H groups in total. The summed E-state index contributed by atoms with van der Waals surface area (Å²) in [5.41, 5.74) is 6.24. The van der Waals surface area contributed by atoms with Crippen molar-refractivity contribution in [2.75, 3.05) is 6.61 Å². The Morgan fingerprint density at radius 1 is 1.36 bits per heavy atom. The van der Waals surface area contributed by atoms with Crippen molar-refractivity contribution in [1.82, 2.24) is 0 Å². The molecule has 82 valence electrons. The Morgan fingerprint density at radius 2 is 2.14 bits per heavy atom. The number of hydrogen-bond donors (Lipinski definition) is 1. The van der Waals surface area contributed by atoms with Crippen LogP contribution in [0.5, 0.6) is 0 Å². The van der Waals surface area contributed by atoms with Gasteiger partial charge in [0.1, 0.15) is 0 Å². The minimum absolute atomic E-state index is 0.392. The third-order valence-electron chi connectivity index (χ3n) is 3.82. The molecule has 2 fully saturated rings. The van der Waals surface area contributed by atoms with E-state index in [1.165, 1.54) is 32.1 Å². The van der Waals surface area contributed by atoms with Gasteiger partial charge in [0.05, 0.1) is 6.10 Å². The van der Waals surface area contributed by atoms with Gasteiger partial charge in [0.15, 0.2) is 0 Å². The number of ether oxygens (including phenoxy) is 1. The first kappa shape index (κ1) is 10.4. The van der Waals surface area contributed by atoms with E-state index in [0.717, 1.165) is 18.9 Å². The molecule has 0 aromatic carbocycles. The van der Waals surface area contributed by atoms with Gasteiger partial charge >= 0.3 is 0 Å². The van der Waals surface area contributed by atoms with Gasteiger partial charge in [-0.2, -0.15) is 0 Å². The van der Waals surface area contributed by atoms with Crippen molar-refractivity contribution in [3.05, 3.63) is 0 Å². The number of nitrogens with two attached hydrogens (primary N) is 1. The molecule has 0 aromatic heterocycles. The minimum atomic E-state index is 0.392. The average Bonchev–Trinajstić information content (AvgIpc) is 2.90. The number of rotatable bonds is 5. The van der Waals surface area contributed by atoms with E-state index >= 15 is 0 Å². The summed E-state index contributed by atoms with van der Waals surface area (Å²) in [7, 11) is 0. The van der Waals surface area contributed by atoms with Crippen LogP contribution in [0.1, 0.15) is 45.4 Å². The highest BCUT2D eigenvalue weighted by atomic mass is 16.5. The van der Waals surface area contributed by atoms with Crippen molar-refractivity contribution in [2.24, 2.45) is 17.6 Å². The SMILES string of the molecule is CCC1OCCC1C(N)CCC1CC1. The molecule has 0 aromatic rings. The van der Waals surface area contributed by atoms with Gasteiger partial charge < -0.3 is 10.5 Å². The molecule has 0 radical (unpaired) electrons. The van der Waals surface area contributed by atoms with Crippen LogP contribution in [0.25, 0.3) is 0 Å². The van der Waals surface area contributed by atoms with Gasteiger partial charge in [-0.05, 0) is 31.6 Å². The molecular weight excluding hydrogens is 174 g/mol. The van der Waals surface area contributed by atoms with Crippen LogP contribution in [0, 0.1) is 11.8 Å². The Bertz CT molecular complexity index is 179. The summed E-state index contributed by atoms with van der Waals surface area (Å²) >= 11 is 0. The van der Waals surface area contributed by atoms with Gasteiger partial charge in [-0.15, -0.1) is 0 Å². The van der Waals surface area contributed by atoms with Gasteiger partial charge in [-0.3, -0.25) is 0 Å². The highest BCUT2D eigenvalue weighted by Crippen LogP contribution is 2.35. The quantitative estimate of drug-likeness (QED) is 0.734. The van der Waals surface area contributed by atoms with Crippen LogP contribution in [0.15, 0.2) is 0 Å². The largest absolute Gasteiger partial charge is 0.378 e. The van der Waals surface area contributed by atoms with Crippen LogP contribution >= 0.6 is 0 Å². The molecule has 1 saturated carbocycles. The first-order chi connectivity index (χ1) is 6.81. The van der Waals surface area contributed by atoms with E-state index in [0.29, 0.717) is 18.1 Å². The molecule has 0 spiro atoms. The molecule has 3 atom stereocenters. The lowest BCUT2D eigenvalue weighted by Gasteiger charge is -2.23. The minimum Gasteiger partial charge on any atom is -0.378 e. The van der Waals surface area contributed by atoms with Crippen molar-refractivity contribution in [3.63, 3.8) is 0 Å². The second kappa shape index (κ2) is 4.63. The lowest BCUT2D eigenvalue weighted by Crippen LogP contribution is -2.35. The molecule has 2 heteroatoms. The van der Waals surface area contributed by atoms with Gasteiger partial charge in [0.2, 0.25) is 0 Å². The van der Waals surface area contributed by atoms with Gasteiger partial charge in [-0.25, -0.2) is 0 Å². The smallest absolute Gasteiger partial charge is 0.0616 e. The normalized spacial score (nSPS) is 34.7. The topological polar surface area (TPSA) is 35.2 Å². The second-order valence-electron chi connectivity index (χ2n) is 4.95. The zero-order chi connectivity index (χ0) is 9.97. The maximum Gasteiger partial charge on any atom is 0.0616 e. The van der Waals surface area contributed by atoms with E-state index in [1.807, 2.05) is 0 Å². The Hall–Kier alpha value is -0.0800. The third kappa shape index (κ3) is 2.48. The Balaban J connectivity index is 1.73. The van der Waals surface area contributed by atoms with Gasteiger partial charge in [0, 0.05) is 18.6 Å². The molecule has 1 saturated heterocycles. The van der Waals surface area contributed by atoms with Gasteiger partial charge in [0.25, 0.3) is 0 Å². The van der Waals surface area contributed by atoms with Crippen molar-refractivity contribution in [3.8, 4) is 0 Å². The van der Waals surface area contributed by atoms with Crippen LogP contribution in [-0.2, 0) is 4.74 Å². The summed E-state index contributed by atoms with van der Waals surface area (Å²) in [5, 5.41) is 0. The summed E-state index contributed by atoms with van der Waals surface area (Å²) in [4.78, 5) is 0. The molecule has 3 unspecified atom stereocenters. The molecule has 2 rings (SSSR count). The standard InChI is InChI=1S/C12H23NO/c1-2-12-10(7-8-14-12)11(13)6-5-9-3-4-9/h9-12H,2-8,13H2,1H3. The van der Waals surface area contributed by atoms with Crippen LogP contribution in [0.4, 0.5) is 0 Å². The van der Waals surface area contributed by atoms with E-state index in [4.69, 9.17) is 10.5 Å². The highest BCUT2D eigenvalue weighted by molar-refractivity contribution is 4.85. The van der Waals surface area contributed by atoms with Crippen LogP contribution in [0.2, 0.25) is 0 Å². The van der Waals surface area contributed by atoms with E-state index in [-0.39, 0.29) is 0 Å². The maximum absolute atomic E-state index is 6.24. The van der Waals surface area contributed by atoms with Gasteiger partial charge in [-0.1, -0.05) is 19.8 Å². The Kier molecular flexibility index (Phi) is 3.45. The van der Waals surface area contributed by atoms with Crippen molar-refractivity contribution in [1.29, 1.82) is 0 Å². The summed E-state index contributed by atoms with van der Waals surface area (Å²) in [6.07, 6.45) is 8.23. The van der Waals surface area contributed by atoms with E-state index in [2.05, 4.69) is 6.92 Å². The molecule has 0 bridgehead atoms. The van der Waals surface area contributed by atoms with Crippen LogP contribution < -0.4 is 5.73 Å². The molecule has 2 aliphatic rings. The lowest BCUT2D eigenvalue weighted by atomic mass is 9.88. The monoisotopic (exact) mass is 197 g/mol. The van der Waals surface area contributed by atoms with E-state index < -0.39 is 0 Å². The first-order valence-electron chi connectivity index (χ1n) is 6.18. The zero-order valence-corrected chi connectivity index (χ0v) is 9.24. The summed E-state index contributed by atoms with van der Waals surface area (Å²) in [5.74, 6) is 1.65. The van der Waals surface area contributed by atoms with Crippen molar-refractivity contribution < 1.29 is 4.74 Å². The van der Waals surface area contributed by atoms with E-state index in [1.54, 1.807) is 0 Å². The Labute approximate surface area is 87.2 Å². The zero-order valence-electron chi connectivity index (χ0n) is 9.24. The molecule has 14 heavy (non-hydrogen) atoms. The summed E-state index contributed by atoms with van der Waals surface area (Å²) in [6.45, 7) is 3.14. The molecule has 1 heterocycles. The molecular formula is C12H23NO. The van der Waals surface area contributed by atoms with Crippen molar-refractivity contribution in [2.45, 2.75) is 57.6 Å². The summed E-state index contributed by atoms with van der Waals surface area (Å²) in [6, 6.07) is 0.392. The average molecular weight is 197 g/mol. The van der Waals surface area contributed by atoms with E-state index in [9.17, 15) is 0 Å². The van der Waals surface area contributed by atoms with Crippen molar-refractivity contribution >= 4 is 0 Å². The highest BCUT2D eigenvalue weighted by Gasteiger charge is 2.32. The molecule has 1 aliphatic heterocycles. The predicted octanol–water partition coefficient (Wildman–Crippen LogP) is 2.32. The van der Waals surface area contributed by atoms with Crippen LogP contribution in [0.3, 0.4) is 0 Å². The lowest BCUT2D eigenvalue weighted by molar-refractivity contribution is 0.0802. The Morgan fingerprint density at radius 3 is 2.79 bits per heavy atom. The fourth-order valence-corrected chi connectivity index (χ4v) is 2.62. The molecule has 1 aliphatic carbocycles. The van der Waals surface area contributed by atoms with Crippen LogP contribution in [-0.4, -0.2) is 18.8 Å². The maximum atomic E-state index is 6.24. The second-order valence-corrected chi connectivity index (χ2v) is 4.95. The fourth-order valence-electron chi connectivity index (χ4n) is 2.62. The fraction of sp³-hybridized carbons (Fsp3) is 1.00. The molecule has 0 amide bonds. The summed E-state index contributed by atoms with van der Waals surface area (Å²) < 4.78 is 5.68. The number of hydrogen-bond acceptors (Lipinski definition) is 2. The molecule has 2 nitrogen and oxygen atoms in total. The predicted molar refractivity (Wildman–Crippen MR) is 58.1 cm³/mol. The third-order valence-corrected chi connectivity index (χ3v) is 3.82. The first-order valence-corrected chi connectivity index (χ1v) is 6.18.